The Bertz CT molecular complexity index is 926. The largest absolute Gasteiger partial charge is 0.339 e. The highest BCUT2D eigenvalue weighted by molar-refractivity contribution is 6.33. The number of benzene rings is 2. The Morgan fingerprint density at radius 2 is 1.48 bits per heavy atom. The zero-order chi connectivity index (χ0) is 21.0. The van der Waals surface area contributed by atoms with E-state index in [9.17, 15) is 18.8 Å². The Kier molecular flexibility index (Phi) is 6.87. The first-order valence-electron chi connectivity index (χ1n) is 9.16. The fraction of sp³-hybridized carbons (Fsp3) is 0.286. The molecule has 29 heavy (non-hydrogen) atoms. The van der Waals surface area contributed by atoms with Crippen LogP contribution in [0.15, 0.2) is 42.5 Å². The third-order valence-corrected chi connectivity index (χ3v) is 5.38. The molecular weight excluding hydrogens is 418 g/mol. The number of hydrogen-bond acceptors (Lipinski definition) is 3. The number of piperazine rings is 1. The molecule has 0 bridgehead atoms. The van der Waals surface area contributed by atoms with Gasteiger partial charge in [-0.15, -0.1) is 0 Å². The predicted octanol–water partition coefficient (Wildman–Crippen LogP) is 4.08. The van der Waals surface area contributed by atoms with E-state index in [0.717, 1.165) is 6.07 Å². The number of ketones is 1. The van der Waals surface area contributed by atoms with Crippen LogP contribution in [0.4, 0.5) is 4.39 Å². The van der Waals surface area contributed by atoms with Gasteiger partial charge in [-0.3, -0.25) is 14.4 Å². The molecule has 1 fully saturated rings. The number of amides is 2. The van der Waals surface area contributed by atoms with Crippen LogP contribution in [0.2, 0.25) is 10.0 Å². The van der Waals surface area contributed by atoms with Crippen molar-refractivity contribution in [3.63, 3.8) is 0 Å². The maximum atomic E-state index is 13.2. The van der Waals surface area contributed by atoms with Gasteiger partial charge >= 0.3 is 0 Å². The number of carbonyl (C=O) groups excluding carboxylic acids is 3. The van der Waals surface area contributed by atoms with Crippen molar-refractivity contribution in [2.45, 2.75) is 12.8 Å². The van der Waals surface area contributed by atoms with Crippen molar-refractivity contribution in [2.24, 2.45) is 0 Å². The fourth-order valence-electron chi connectivity index (χ4n) is 3.15. The number of Topliss-reactive ketones (excluding diaryl/α,β-unsaturated/α-hetero) is 1. The van der Waals surface area contributed by atoms with Gasteiger partial charge in [-0.25, -0.2) is 4.39 Å². The third kappa shape index (κ3) is 5.34. The summed E-state index contributed by atoms with van der Waals surface area (Å²) in [7, 11) is 0. The molecule has 2 aromatic carbocycles. The van der Waals surface area contributed by atoms with E-state index in [4.69, 9.17) is 23.2 Å². The van der Waals surface area contributed by atoms with E-state index in [-0.39, 0.29) is 41.0 Å². The molecule has 1 aliphatic heterocycles. The molecule has 0 radical (unpaired) electrons. The smallest absolute Gasteiger partial charge is 0.255 e. The lowest BCUT2D eigenvalue weighted by molar-refractivity contribution is -0.132. The Balaban J connectivity index is 1.49. The zero-order valence-electron chi connectivity index (χ0n) is 15.5. The summed E-state index contributed by atoms with van der Waals surface area (Å²) in [6.45, 7) is 1.45. The summed E-state index contributed by atoms with van der Waals surface area (Å²) in [6.07, 6.45) is 0.226. The number of rotatable bonds is 5. The van der Waals surface area contributed by atoms with Gasteiger partial charge < -0.3 is 9.80 Å². The van der Waals surface area contributed by atoms with Gasteiger partial charge in [-0.1, -0.05) is 23.2 Å². The first-order chi connectivity index (χ1) is 13.8. The van der Waals surface area contributed by atoms with Gasteiger partial charge in [0.15, 0.2) is 5.78 Å². The lowest BCUT2D eigenvalue weighted by Crippen LogP contribution is -2.50. The van der Waals surface area contributed by atoms with Crippen LogP contribution >= 0.6 is 23.2 Å². The molecular formula is C21H19Cl2FN2O3. The normalized spacial score (nSPS) is 14.0. The molecule has 5 nitrogen and oxygen atoms in total. The molecule has 152 valence electrons. The minimum Gasteiger partial charge on any atom is -0.339 e. The van der Waals surface area contributed by atoms with Crippen molar-refractivity contribution in [3.8, 4) is 0 Å². The van der Waals surface area contributed by atoms with Crippen LogP contribution in [0.5, 0.6) is 0 Å². The summed E-state index contributed by atoms with van der Waals surface area (Å²) >= 11 is 11.8. The van der Waals surface area contributed by atoms with E-state index in [1.165, 1.54) is 12.1 Å². The topological polar surface area (TPSA) is 57.7 Å². The second-order valence-electron chi connectivity index (χ2n) is 6.73. The van der Waals surface area contributed by atoms with E-state index in [0.29, 0.717) is 36.8 Å². The van der Waals surface area contributed by atoms with Crippen molar-refractivity contribution in [1.82, 2.24) is 9.80 Å². The molecule has 0 aliphatic carbocycles. The van der Waals surface area contributed by atoms with E-state index < -0.39 is 5.82 Å². The van der Waals surface area contributed by atoms with Crippen LogP contribution in [0.25, 0.3) is 0 Å². The van der Waals surface area contributed by atoms with Gasteiger partial charge in [-0.05, 0) is 42.5 Å². The standard InChI is InChI=1S/C21H19Cl2FN2O3/c22-15-3-1-14(2-4-15)19(27)7-8-20(28)25-9-11-26(12-10-25)21(29)17-6-5-16(24)13-18(17)23/h1-6,13H,7-12H2. The molecule has 3 rings (SSSR count). The molecule has 0 atom stereocenters. The maximum absolute atomic E-state index is 13.2. The van der Waals surface area contributed by atoms with E-state index in [1.54, 1.807) is 34.1 Å². The first-order valence-corrected chi connectivity index (χ1v) is 9.91. The van der Waals surface area contributed by atoms with Gasteiger partial charge in [0.1, 0.15) is 5.82 Å². The summed E-state index contributed by atoms with van der Waals surface area (Å²) in [4.78, 5) is 40.4. The Hall–Kier alpha value is -2.44. The SMILES string of the molecule is O=C(CCC(=O)N1CCN(C(=O)c2ccc(F)cc2Cl)CC1)c1ccc(Cl)cc1. The molecule has 0 saturated carbocycles. The second kappa shape index (κ2) is 9.37. The number of hydrogen-bond donors (Lipinski definition) is 0. The number of carbonyl (C=O) groups is 3. The van der Waals surface area contributed by atoms with E-state index in [1.807, 2.05) is 0 Å². The van der Waals surface area contributed by atoms with Crippen LogP contribution in [0.1, 0.15) is 33.6 Å². The number of nitrogens with zero attached hydrogens (tertiary/aromatic N) is 2. The highest BCUT2D eigenvalue weighted by atomic mass is 35.5. The lowest BCUT2D eigenvalue weighted by atomic mass is 10.1. The Morgan fingerprint density at radius 1 is 0.862 bits per heavy atom. The first kappa shape index (κ1) is 21.3. The third-order valence-electron chi connectivity index (χ3n) is 4.81. The van der Waals surface area contributed by atoms with Gasteiger partial charge in [0.25, 0.3) is 5.91 Å². The predicted molar refractivity (Wildman–Crippen MR) is 109 cm³/mol. The van der Waals surface area contributed by atoms with Crippen LogP contribution in [-0.4, -0.2) is 53.6 Å². The highest BCUT2D eigenvalue weighted by Crippen LogP contribution is 2.20. The van der Waals surface area contributed by atoms with Crippen molar-refractivity contribution in [1.29, 1.82) is 0 Å². The summed E-state index contributed by atoms with van der Waals surface area (Å²) in [5.74, 6) is -1.04. The Morgan fingerprint density at radius 3 is 2.10 bits per heavy atom. The molecule has 0 N–H and O–H groups in total. The summed E-state index contributed by atoms with van der Waals surface area (Å²) < 4.78 is 13.2. The minimum absolute atomic E-state index is 0.0641. The second-order valence-corrected chi connectivity index (χ2v) is 7.57. The van der Waals surface area contributed by atoms with Crippen LogP contribution in [0, 0.1) is 5.82 Å². The van der Waals surface area contributed by atoms with E-state index in [2.05, 4.69) is 0 Å². The zero-order valence-corrected chi connectivity index (χ0v) is 17.0. The van der Waals surface area contributed by atoms with Crippen LogP contribution in [-0.2, 0) is 4.79 Å². The minimum atomic E-state index is -0.505. The maximum Gasteiger partial charge on any atom is 0.255 e. The fourth-order valence-corrected chi connectivity index (χ4v) is 3.52. The van der Waals surface area contributed by atoms with E-state index >= 15 is 0 Å². The van der Waals surface area contributed by atoms with Crippen molar-refractivity contribution in [3.05, 3.63) is 69.5 Å². The quantitative estimate of drug-likeness (QED) is 0.663. The highest BCUT2D eigenvalue weighted by Gasteiger charge is 2.26. The Labute approximate surface area is 178 Å². The van der Waals surface area contributed by atoms with Crippen molar-refractivity contribution in [2.75, 3.05) is 26.2 Å². The van der Waals surface area contributed by atoms with Gasteiger partial charge in [0.2, 0.25) is 5.91 Å². The summed E-state index contributed by atoms with van der Waals surface area (Å²) in [5.41, 5.74) is 0.759. The molecule has 1 heterocycles. The average Bonchev–Trinajstić information content (AvgIpc) is 2.72. The molecule has 0 aromatic heterocycles. The summed E-state index contributed by atoms with van der Waals surface area (Å²) in [5, 5.41) is 0.612. The van der Waals surface area contributed by atoms with Crippen LogP contribution in [0.3, 0.4) is 0 Å². The van der Waals surface area contributed by atoms with Crippen LogP contribution < -0.4 is 0 Å². The van der Waals surface area contributed by atoms with Gasteiger partial charge in [0, 0.05) is 49.6 Å². The molecule has 0 unspecified atom stereocenters. The van der Waals surface area contributed by atoms with Gasteiger partial charge in [-0.2, -0.15) is 0 Å². The van der Waals surface area contributed by atoms with Crippen molar-refractivity contribution >= 4 is 40.8 Å². The average molecular weight is 437 g/mol. The molecule has 0 spiro atoms. The molecule has 1 aliphatic rings. The molecule has 1 saturated heterocycles. The molecule has 8 heteroatoms. The van der Waals surface area contributed by atoms with Gasteiger partial charge in [0.05, 0.1) is 10.6 Å². The molecule has 2 amide bonds. The summed E-state index contributed by atoms with van der Waals surface area (Å²) in [6, 6.07) is 10.2. The number of halogens is 3. The lowest BCUT2D eigenvalue weighted by Gasteiger charge is -2.35. The monoisotopic (exact) mass is 436 g/mol. The van der Waals surface area contributed by atoms with Crippen molar-refractivity contribution < 1.29 is 18.8 Å². The molecule has 2 aromatic rings.